The van der Waals surface area contributed by atoms with Gasteiger partial charge in [0.15, 0.2) is 0 Å². The average molecular weight is 288 g/mol. The first-order valence-corrected chi connectivity index (χ1v) is 8.62. The molecule has 3 heteroatoms. The number of carboxylic acid groups (broad SMARTS) is 1. The molecule has 0 atom stereocenters. The Hall–Kier alpha value is -0.193. The van der Waals surface area contributed by atoms with Gasteiger partial charge in [0, 0.05) is 5.97 Å². The van der Waals surface area contributed by atoms with E-state index in [0.29, 0.717) is 0 Å². The number of carbonyl (C=O) groups is 1. The Kier molecular flexibility index (Phi) is 21.8. The van der Waals surface area contributed by atoms with E-state index < -0.39 is 5.97 Å². The first-order valence-electron chi connectivity index (χ1n) is 8.62. The van der Waals surface area contributed by atoms with Crippen LogP contribution >= 0.6 is 0 Å². The molecule has 21 heavy (non-hydrogen) atoms. The van der Waals surface area contributed by atoms with Crippen molar-refractivity contribution >= 4 is 5.97 Å². The number of carbonyl (C=O) groups excluding carboxylic acids is 1. The van der Waals surface area contributed by atoms with Gasteiger partial charge < -0.3 is 9.90 Å². The zero-order valence-corrected chi connectivity index (χ0v) is 14.4. The monoisotopic (exact) mass is 288 g/mol. The molecule has 0 unspecified atom stereocenters. The van der Waals surface area contributed by atoms with E-state index in [2.05, 4.69) is 19.1 Å². The molecule has 118 valence electrons. The van der Waals surface area contributed by atoms with Crippen LogP contribution < -0.4 is 24.0 Å². The molecular formula is C18H33LiO2. The van der Waals surface area contributed by atoms with Gasteiger partial charge in [-0.3, -0.25) is 0 Å². The van der Waals surface area contributed by atoms with Gasteiger partial charge in [-0.25, -0.2) is 0 Å². The SMILES string of the molecule is CCCCCCCCCCC/C=C\CCCCC(=O)[O-].[Li+]. The van der Waals surface area contributed by atoms with Crippen LogP contribution in [-0.4, -0.2) is 5.97 Å². The van der Waals surface area contributed by atoms with Crippen LogP contribution in [0.15, 0.2) is 12.2 Å². The summed E-state index contributed by atoms with van der Waals surface area (Å²) in [6.07, 6.45) is 20.9. The molecule has 0 N–H and O–H groups in total. The average Bonchev–Trinajstić information content (AvgIpc) is 2.43. The Morgan fingerprint density at radius 2 is 1.19 bits per heavy atom. The Bertz CT molecular complexity index is 239. The summed E-state index contributed by atoms with van der Waals surface area (Å²) < 4.78 is 0. The summed E-state index contributed by atoms with van der Waals surface area (Å²) in [7, 11) is 0. The Balaban J connectivity index is 0. The first-order chi connectivity index (χ1) is 9.77. The molecule has 0 heterocycles. The quantitative estimate of drug-likeness (QED) is 0.262. The molecule has 0 bridgehead atoms. The zero-order chi connectivity index (χ0) is 14.9. The zero-order valence-electron chi connectivity index (χ0n) is 14.4. The van der Waals surface area contributed by atoms with Gasteiger partial charge in [0.1, 0.15) is 0 Å². The summed E-state index contributed by atoms with van der Waals surface area (Å²) in [5, 5.41) is 10.2. The minimum Gasteiger partial charge on any atom is -0.550 e. The van der Waals surface area contributed by atoms with Gasteiger partial charge in [0.25, 0.3) is 0 Å². The van der Waals surface area contributed by atoms with Gasteiger partial charge in [-0.05, 0) is 38.5 Å². The van der Waals surface area contributed by atoms with E-state index in [9.17, 15) is 9.90 Å². The van der Waals surface area contributed by atoms with Gasteiger partial charge in [-0.1, -0.05) is 70.4 Å². The van der Waals surface area contributed by atoms with Gasteiger partial charge >= 0.3 is 18.9 Å². The number of aliphatic carboxylic acids is 1. The summed E-state index contributed by atoms with van der Waals surface area (Å²) in [4.78, 5) is 10.2. The number of hydrogen-bond donors (Lipinski definition) is 0. The topological polar surface area (TPSA) is 40.1 Å². The molecule has 0 aliphatic rings. The van der Waals surface area contributed by atoms with Crippen LogP contribution in [0.3, 0.4) is 0 Å². The number of rotatable bonds is 15. The predicted molar refractivity (Wildman–Crippen MR) is 84.5 cm³/mol. The van der Waals surface area contributed by atoms with Crippen LogP contribution in [0.2, 0.25) is 0 Å². The molecule has 0 aliphatic heterocycles. The molecule has 2 nitrogen and oxygen atoms in total. The normalized spacial score (nSPS) is 10.7. The molecule has 0 saturated heterocycles. The first kappa shape index (κ1) is 23.1. The molecule has 0 aromatic heterocycles. The van der Waals surface area contributed by atoms with Crippen LogP contribution in [0.5, 0.6) is 0 Å². The van der Waals surface area contributed by atoms with Crippen molar-refractivity contribution in [1.29, 1.82) is 0 Å². The van der Waals surface area contributed by atoms with Gasteiger partial charge in [0.2, 0.25) is 0 Å². The third-order valence-corrected chi connectivity index (χ3v) is 3.64. The van der Waals surface area contributed by atoms with E-state index in [1.807, 2.05) is 0 Å². The maximum absolute atomic E-state index is 10.2. The van der Waals surface area contributed by atoms with Crippen LogP contribution in [0.1, 0.15) is 96.8 Å². The molecule has 0 spiro atoms. The van der Waals surface area contributed by atoms with E-state index >= 15 is 0 Å². The predicted octanol–water partition coefficient (Wildman–Crippen LogP) is 1.78. The van der Waals surface area contributed by atoms with E-state index in [1.165, 1.54) is 64.2 Å². The van der Waals surface area contributed by atoms with Crippen molar-refractivity contribution in [2.75, 3.05) is 0 Å². The third kappa shape index (κ3) is 22.2. The van der Waals surface area contributed by atoms with E-state index in [-0.39, 0.29) is 25.3 Å². The number of unbranched alkanes of at least 4 members (excludes halogenated alkanes) is 11. The summed E-state index contributed by atoms with van der Waals surface area (Å²) >= 11 is 0. The van der Waals surface area contributed by atoms with Gasteiger partial charge in [0.05, 0.1) is 0 Å². The number of hydrogen-bond acceptors (Lipinski definition) is 2. The Labute approximate surface area is 144 Å². The number of carboxylic acids is 1. The molecule has 0 fully saturated rings. The van der Waals surface area contributed by atoms with Crippen molar-refractivity contribution in [2.24, 2.45) is 0 Å². The maximum atomic E-state index is 10.2. The van der Waals surface area contributed by atoms with Gasteiger partial charge in [-0.15, -0.1) is 0 Å². The van der Waals surface area contributed by atoms with Crippen LogP contribution in [-0.2, 0) is 4.79 Å². The minimum atomic E-state index is -0.927. The molecule has 0 rings (SSSR count). The second-order valence-corrected chi connectivity index (χ2v) is 5.71. The van der Waals surface area contributed by atoms with Crippen molar-refractivity contribution < 1.29 is 28.8 Å². The third-order valence-electron chi connectivity index (χ3n) is 3.64. The van der Waals surface area contributed by atoms with E-state index in [1.54, 1.807) is 0 Å². The Morgan fingerprint density at radius 3 is 1.67 bits per heavy atom. The van der Waals surface area contributed by atoms with Crippen molar-refractivity contribution in [1.82, 2.24) is 0 Å². The summed E-state index contributed by atoms with van der Waals surface area (Å²) in [5.74, 6) is -0.927. The van der Waals surface area contributed by atoms with Crippen molar-refractivity contribution in [3.63, 3.8) is 0 Å². The molecule has 0 amide bonds. The summed E-state index contributed by atoms with van der Waals surface area (Å²) in [6, 6.07) is 0. The van der Waals surface area contributed by atoms with E-state index in [4.69, 9.17) is 0 Å². The molecule has 0 aliphatic carbocycles. The smallest absolute Gasteiger partial charge is 0.550 e. The summed E-state index contributed by atoms with van der Waals surface area (Å²) in [5.41, 5.74) is 0. The van der Waals surface area contributed by atoms with Crippen molar-refractivity contribution in [2.45, 2.75) is 96.8 Å². The van der Waals surface area contributed by atoms with Gasteiger partial charge in [-0.2, -0.15) is 0 Å². The second kappa shape index (κ2) is 19.8. The molecule has 0 aromatic rings. The van der Waals surface area contributed by atoms with Crippen molar-refractivity contribution in [3.8, 4) is 0 Å². The minimum absolute atomic E-state index is 0. The standard InChI is InChI=1S/C18H34O2.Li/c1-2-3-4-5-6-7-8-9-10-11-12-13-14-15-16-17-18(19)20;/h12-13H,2-11,14-17H2,1H3,(H,19,20);/q;+1/p-1/b13-12-;. The molecular weight excluding hydrogens is 255 g/mol. The van der Waals surface area contributed by atoms with E-state index in [0.717, 1.165) is 19.3 Å². The molecule has 0 aromatic carbocycles. The molecule has 0 saturated carbocycles. The van der Waals surface area contributed by atoms with Crippen LogP contribution in [0.25, 0.3) is 0 Å². The van der Waals surface area contributed by atoms with Crippen LogP contribution in [0.4, 0.5) is 0 Å². The number of allylic oxidation sites excluding steroid dienone is 2. The fourth-order valence-electron chi connectivity index (χ4n) is 2.34. The fourth-order valence-corrected chi connectivity index (χ4v) is 2.34. The van der Waals surface area contributed by atoms with Crippen LogP contribution in [0, 0.1) is 0 Å². The Morgan fingerprint density at radius 1 is 0.762 bits per heavy atom. The maximum Gasteiger partial charge on any atom is 1.00 e. The van der Waals surface area contributed by atoms with Crippen molar-refractivity contribution in [3.05, 3.63) is 12.2 Å². The second-order valence-electron chi connectivity index (χ2n) is 5.71. The molecule has 0 radical (unpaired) electrons. The largest absolute Gasteiger partial charge is 1.00 e. The fraction of sp³-hybridized carbons (Fsp3) is 0.833. The summed E-state index contributed by atoms with van der Waals surface area (Å²) in [6.45, 7) is 2.26.